The van der Waals surface area contributed by atoms with Gasteiger partial charge in [0.15, 0.2) is 5.82 Å². The van der Waals surface area contributed by atoms with E-state index in [0.29, 0.717) is 9.08 Å². The standard InChI is InChI=1S/C11H9Br2N3O2S/c1-7-2-3-9(8(12)4-7)19(17,18)16-11-6-14-10(13)5-15-11/h2-6H,1H3,(H,15,16). The zero-order valence-corrected chi connectivity index (χ0v) is 13.8. The molecule has 0 aliphatic carbocycles. The van der Waals surface area contributed by atoms with Gasteiger partial charge in [0.25, 0.3) is 10.0 Å². The number of nitrogens with one attached hydrogen (secondary N) is 1. The van der Waals surface area contributed by atoms with Gasteiger partial charge >= 0.3 is 0 Å². The smallest absolute Gasteiger partial charge is 0.262 e. The number of rotatable bonds is 3. The van der Waals surface area contributed by atoms with Gasteiger partial charge in [-0.3, -0.25) is 4.72 Å². The Labute approximate surface area is 127 Å². The molecule has 0 bridgehead atoms. The van der Waals surface area contributed by atoms with Crippen LogP contribution in [0.4, 0.5) is 5.82 Å². The molecule has 1 aromatic heterocycles. The first-order chi connectivity index (χ1) is 8.88. The Morgan fingerprint density at radius 3 is 2.47 bits per heavy atom. The van der Waals surface area contributed by atoms with Crippen LogP contribution in [-0.4, -0.2) is 18.4 Å². The van der Waals surface area contributed by atoms with Crippen molar-refractivity contribution in [3.05, 3.63) is 45.2 Å². The summed E-state index contributed by atoms with van der Waals surface area (Å²) in [6.45, 7) is 1.88. The molecule has 0 saturated carbocycles. The van der Waals surface area contributed by atoms with E-state index >= 15 is 0 Å². The second kappa shape index (κ2) is 5.56. The summed E-state index contributed by atoms with van der Waals surface area (Å²) in [6, 6.07) is 5.00. The van der Waals surface area contributed by atoms with Crippen molar-refractivity contribution in [2.75, 3.05) is 4.72 Å². The molecule has 100 valence electrons. The van der Waals surface area contributed by atoms with Crippen LogP contribution in [-0.2, 0) is 10.0 Å². The fourth-order valence-corrected chi connectivity index (χ4v) is 3.77. The molecule has 0 atom stereocenters. The summed E-state index contributed by atoms with van der Waals surface area (Å²) in [7, 11) is -3.69. The predicted molar refractivity (Wildman–Crippen MR) is 79.4 cm³/mol. The van der Waals surface area contributed by atoms with Crippen LogP contribution < -0.4 is 4.72 Å². The van der Waals surface area contributed by atoms with Crippen molar-refractivity contribution in [3.8, 4) is 0 Å². The molecule has 0 saturated heterocycles. The molecule has 5 nitrogen and oxygen atoms in total. The van der Waals surface area contributed by atoms with Crippen molar-refractivity contribution in [1.29, 1.82) is 0 Å². The average molecular weight is 407 g/mol. The van der Waals surface area contributed by atoms with Crippen molar-refractivity contribution in [2.45, 2.75) is 11.8 Å². The molecule has 2 rings (SSSR count). The van der Waals surface area contributed by atoms with E-state index in [1.807, 2.05) is 6.92 Å². The normalized spacial score (nSPS) is 11.3. The number of benzene rings is 1. The van der Waals surface area contributed by atoms with E-state index in [1.54, 1.807) is 12.1 Å². The highest BCUT2D eigenvalue weighted by Gasteiger charge is 2.18. The lowest BCUT2D eigenvalue weighted by atomic mass is 10.2. The first kappa shape index (κ1) is 14.4. The second-order valence-electron chi connectivity index (χ2n) is 3.76. The molecule has 0 aliphatic rings. The molecule has 19 heavy (non-hydrogen) atoms. The molecule has 1 aromatic carbocycles. The molecule has 2 aromatic rings. The topological polar surface area (TPSA) is 72.0 Å². The minimum Gasteiger partial charge on any atom is -0.262 e. The van der Waals surface area contributed by atoms with Crippen molar-refractivity contribution in [2.24, 2.45) is 0 Å². The average Bonchev–Trinajstić information content (AvgIpc) is 2.31. The van der Waals surface area contributed by atoms with Crippen LogP contribution in [0.5, 0.6) is 0 Å². The van der Waals surface area contributed by atoms with Crippen LogP contribution in [0.2, 0.25) is 0 Å². The van der Waals surface area contributed by atoms with Gasteiger partial charge in [0.05, 0.1) is 12.4 Å². The van der Waals surface area contributed by atoms with Gasteiger partial charge in [-0.2, -0.15) is 0 Å². The van der Waals surface area contributed by atoms with Gasteiger partial charge in [-0.1, -0.05) is 6.07 Å². The number of hydrogen-bond acceptors (Lipinski definition) is 4. The summed E-state index contributed by atoms with van der Waals surface area (Å²) in [5.41, 5.74) is 0.967. The van der Waals surface area contributed by atoms with Crippen molar-refractivity contribution >= 4 is 47.7 Å². The summed E-state index contributed by atoms with van der Waals surface area (Å²) in [4.78, 5) is 7.99. The van der Waals surface area contributed by atoms with Crippen molar-refractivity contribution in [1.82, 2.24) is 9.97 Å². The molecular formula is C11H9Br2N3O2S. The number of halogens is 2. The predicted octanol–water partition coefficient (Wildman–Crippen LogP) is 3.11. The van der Waals surface area contributed by atoms with E-state index in [-0.39, 0.29) is 10.7 Å². The Morgan fingerprint density at radius 2 is 1.89 bits per heavy atom. The third-order valence-corrected chi connectivity index (χ3v) is 4.98. The number of sulfonamides is 1. The zero-order valence-electron chi connectivity index (χ0n) is 9.76. The largest absolute Gasteiger partial charge is 0.264 e. The van der Waals surface area contributed by atoms with E-state index in [1.165, 1.54) is 18.5 Å². The summed E-state index contributed by atoms with van der Waals surface area (Å²) < 4.78 is 27.8. The van der Waals surface area contributed by atoms with Gasteiger partial charge in [0.2, 0.25) is 0 Å². The van der Waals surface area contributed by atoms with Gasteiger partial charge < -0.3 is 0 Å². The number of aromatic nitrogens is 2. The maximum absolute atomic E-state index is 12.2. The minimum absolute atomic E-state index is 0.155. The Hall–Kier alpha value is -0.990. The molecule has 0 spiro atoms. The maximum Gasteiger partial charge on any atom is 0.264 e. The van der Waals surface area contributed by atoms with Crippen LogP contribution >= 0.6 is 31.9 Å². The molecule has 8 heteroatoms. The highest BCUT2D eigenvalue weighted by Crippen LogP contribution is 2.24. The summed E-state index contributed by atoms with van der Waals surface area (Å²) in [6.07, 6.45) is 2.76. The van der Waals surface area contributed by atoms with Gasteiger partial charge in [-0.05, 0) is 56.5 Å². The lowest BCUT2D eigenvalue weighted by Crippen LogP contribution is -2.14. The lowest BCUT2D eigenvalue weighted by Gasteiger charge is -2.09. The Morgan fingerprint density at radius 1 is 1.16 bits per heavy atom. The first-order valence-corrected chi connectivity index (χ1v) is 8.22. The molecule has 0 amide bonds. The minimum atomic E-state index is -3.69. The van der Waals surface area contributed by atoms with Crippen molar-refractivity contribution < 1.29 is 8.42 Å². The molecule has 0 radical (unpaired) electrons. The fraction of sp³-hybridized carbons (Fsp3) is 0.0909. The highest BCUT2D eigenvalue weighted by molar-refractivity contribution is 9.10. The van der Waals surface area contributed by atoms with E-state index in [2.05, 4.69) is 46.5 Å². The van der Waals surface area contributed by atoms with Gasteiger partial charge in [-0.15, -0.1) is 0 Å². The molecule has 1 N–H and O–H groups in total. The summed E-state index contributed by atoms with van der Waals surface area (Å²) in [5, 5.41) is 0. The number of anilines is 1. The van der Waals surface area contributed by atoms with Gasteiger partial charge in [-0.25, -0.2) is 18.4 Å². The molecule has 0 fully saturated rings. The number of hydrogen-bond donors (Lipinski definition) is 1. The lowest BCUT2D eigenvalue weighted by molar-refractivity contribution is 0.600. The van der Waals surface area contributed by atoms with Crippen molar-refractivity contribution in [3.63, 3.8) is 0 Å². The Bertz CT molecular complexity index is 702. The summed E-state index contributed by atoms with van der Waals surface area (Å²) in [5.74, 6) is 0.163. The van der Waals surface area contributed by atoms with Crippen LogP contribution in [0.1, 0.15) is 5.56 Å². The van der Waals surface area contributed by atoms with Crippen LogP contribution in [0.25, 0.3) is 0 Å². The molecule has 0 aliphatic heterocycles. The van der Waals surface area contributed by atoms with E-state index in [9.17, 15) is 8.42 Å². The molecule has 1 heterocycles. The van der Waals surface area contributed by atoms with Gasteiger partial charge in [0.1, 0.15) is 9.50 Å². The molecule has 0 unspecified atom stereocenters. The SMILES string of the molecule is Cc1ccc(S(=O)(=O)Nc2cnc(Br)cn2)c(Br)c1. The van der Waals surface area contributed by atoms with Gasteiger partial charge in [0, 0.05) is 4.47 Å². The first-order valence-electron chi connectivity index (χ1n) is 5.15. The fourth-order valence-electron chi connectivity index (χ4n) is 1.38. The maximum atomic E-state index is 12.2. The van der Waals surface area contributed by atoms with E-state index < -0.39 is 10.0 Å². The van der Waals surface area contributed by atoms with Crippen LogP contribution in [0.15, 0.2) is 44.6 Å². The number of nitrogens with zero attached hydrogens (tertiary/aromatic N) is 2. The van der Waals surface area contributed by atoms with Crippen LogP contribution in [0.3, 0.4) is 0 Å². The molecular weight excluding hydrogens is 398 g/mol. The third-order valence-electron chi connectivity index (χ3n) is 2.24. The summed E-state index contributed by atoms with van der Waals surface area (Å²) >= 11 is 6.38. The number of aryl methyl sites for hydroxylation is 1. The Balaban J connectivity index is 2.35. The van der Waals surface area contributed by atoms with Crippen LogP contribution in [0, 0.1) is 6.92 Å². The van der Waals surface area contributed by atoms with E-state index in [0.717, 1.165) is 5.56 Å². The third kappa shape index (κ3) is 3.52. The highest BCUT2D eigenvalue weighted by atomic mass is 79.9. The van der Waals surface area contributed by atoms with E-state index in [4.69, 9.17) is 0 Å². The zero-order chi connectivity index (χ0) is 14.0. The monoisotopic (exact) mass is 405 g/mol. The quantitative estimate of drug-likeness (QED) is 0.849. The Kier molecular flexibility index (Phi) is 4.22. The second-order valence-corrected chi connectivity index (χ2v) is 7.08.